The summed E-state index contributed by atoms with van der Waals surface area (Å²) in [5.74, 6) is 0. The Bertz CT molecular complexity index is 699. The normalized spacial score (nSPS) is 16.8. The Morgan fingerprint density at radius 1 is 1.27 bits per heavy atom. The van der Waals surface area contributed by atoms with Crippen LogP contribution in [0.1, 0.15) is 53.2 Å². The quantitative estimate of drug-likeness (QED) is 0.350. The predicted molar refractivity (Wildman–Crippen MR) is 96.7 cm³/mol. The van der Waals surface area contributed by atoms with Crippen molar-refractivity contribution in [1.29, 1.82) is 0 Å². The fraction of sp³-hybridized carbons (Fsp3) is 0.333. The summed E-state index contributed by atoms with van der Waals surface area (Å²) in [6, 6.07) is 1.98. The first kappa shape index (κ1) is 17.0. The van der Waals surface area contributed by atoms with Crippen molar-refractivity contribution in [3.05, 3.63) is 49.1 Å². The molecule has 0 aromatic carbocycles. The van der Waals surface area contributed by atoms with Crippen molar-refractivity contribution >= 4 is 42.1 Å². The number of rotatable bonds is 5. The van der Waals surface area contributed by atoms with Gasteiger partial charge in [0.1, 0.15) is 6.29 Å². The number of thiophene rings is 1. The molecule has 1 heterocycles. The maximum Gasteiger partial charge on any atom is 0.160 e. The lowest BCUT2D eigenvalue weighted by Crippen LogP contribution is -1.92. The standard InChI is InChI=1S/C18H20O2S2/c1-11(9-19)7-17(12(2)21)15-5-4-6-16(15)18-8-14(10-20)22-13(18)3/h7-10,21H,4-6H2,1-3H3/b11-7+,17-12+. The topological polar surface area (TPSA) is 34.1 Å². The zero-order valence-electron chi connectivity index (χ0n) is 13.1. The van der Waals surface area contributed by atoms with E-state index in [2.05, 4.69) is 19.6 Å². The van der Waals surface area contributed by atoms with Crippen LogP contribution in [-0.2, 0) is 4.79 Å². The lowest BCUT2D eigenvalue weighted by atomic mass is 9.95. The van der Waals surface area contributed by atoms with E-state index in [1.54, 1.807) is 6.92 Å². The summed E-state index contributed by atoms with van der Waals surface area (Å²) < 4.78 is 0. The Morgan fingerprint density at radius 2 is 2.00 bits per heavy atom. The molecule has 0 fully saturated rings. The highest BCUT2D eigenvalue weighted by Crippen LogP contribution is 2.42. The van der Waals surface area contributed by atoms with Gasteiger partial charge in [0.25, 0.3) is 0 Å². The van der Waals surface area contributed by atoms with E-state index >= 15 is 0 Å². The van der Waals surface area contributed by atoms with E-state index in [9.17, 15) is 9.59 Å². The molecule has 116 valence electrons. The molecule has 1 aromatic heterocycles. The van der Waals surface area contributed by atoms with Crippen molar-refractivity contribution in [2.45, 2.75) is 40.0 Å². The molecule has 2 nitrogen and oxygen atoms in total. The molecule has 1 aliphatic rings. The minimum absolute atomic E-state index is 0.692. The van der Waals surface area contributed by atoms with E-state index in [0.29, 0.717) is 5.57 Å². The van der Waals surface area contributed by atoms with Crippen LogP contribution in [0.15, 0.2) is 33.8 Å². The summed E-state index contributed by atoms with van der Waals surface area (Å²) in [6.45, 7) is 5.81. The molecular formula is C18H20O2S2. The molecule has 2 rings (SSSR count). The number of allylic oxidation sites excluding steroid dienone is 6. The summed E-state index contributed by atoms with van der Waals surface area (Å²) in [5.41, 5.74) is 5.45. The Balaban J connectivity index is 2.59. The molecular weight excluding hydrogens is 312 g/mol. The van der Waals surface area contributed by atoms with E-state index in [4.69, 9.17) is 0 Å². The highest BCUT2D eigenvalue weighted by atomic mass is 32.1. The van der Waals surface area contributed by atoms with Crippen LogP contribution < -0.4 is 0 Å². The van der Waals surface area contributed by atoms with E-state index in [1.165, 1.54) is 32.9 Å². The Labute approximate surface area is 141 Å². The van der Waals surface area contributed by atoms with Crippen LogP contribution >= 0.6 is 24.0 Å². The van der Waals surface area contributed by atoms with Gasteiger partial charge in [-0.1, -0.05) is 0 Å². The maximum absolute atomic E-state index is 11.0. The fourth-order valence-corrected chi connectivity index (χ4v) is 3.94. The molecule has 0 amide bonds. The van der Waals surface area contributed by atoms with Gasteiger partial charge in [-0.25, -0.2) is 0 Å². The second-order valence-electron chi connectivity index (χ2n) is 5.55. The van der Waals surface area contributed by atoms with Crippen LogP contribution in [0, 0.1) is 6.92 Å². The van der Waals surface area contributed by atoms with Crippen molar-refractivity contribution in [2.75, 3.05) is 0 Å². The largest absolute Gasteiger partial charge is 0.298 e. The molecule has 0 spiro atoms. The van der Waals surface area contributed by atoms with Gasteiger partial charge in [-0.05, 0) is 84.9 Å². The zero-order chi connectivity index (χ0) is 16.3. The minimum atomic E-state index is 0.692. The van der Waals surface area contributed by atoms with Gasteiger partial charge in [0.15, 0.2) is 6.29 Å². The molecule has 1 aliphatic carbocycles. The van der Waals surface area contributed by atoms with Gasteiger partial charge in [0.2, 0.25) is 0 Å². The molecule has 0 atom stereocenters. The number of hydrogen-bond donors (Lipinski definition) is 1. The monoisotopic (exact) mass is 332 g/mol. The summed E-state index contributed by atoms with van der Waals surface area (Å²) in [5, 5.41) is 0. The van der Waals surface area contributed by atoms with Gasteiger partial charge in [-0.2, -0.15) is 0 Å². The van der Waals surface area contributed by atoms with Gasteiger partial charge in [0, 0.05) is 4.88 Å². The van der Waals surface area contributed by atoms with Crippen molar-refractivity contribution in [1.82, 2.24) is 0 Å². The third-order valence-corrected chi connectivity index (χ3v) is 5.09. The lowest BCUT2D eigenvalue weighted by molar-refractivity contribution is -0.104. The first-order valence-corrected chi connectivity index (χ1v) is 8.56. The Hall–Kier alpha value is -1.39. The first-order valence-electron chi connectivity index (χ1n) is 7.29. The van der Waals surface area contributed by atoms with Crippen LogP contribution in [0.4, 0.5) is 0 Å². The van der Waals surface area contributed by atoms with Gasteiger partial charge in [0.05, 0.1) is 4.88 Å². The number of carbonyl (C=O) groups excluding carboxylic acids is 2. The van der Waals surface area contributed by atoms with Crippen molar-refractivity contribution in [2.24, 2.45) is 0 Å². The third-order valence-electron chi connectivity index (χ3n) is 3.87. The molecule has 0 unspecified atom stereocenters. The number of thiol groups is 1. The summed E-state index contributed by atoms with van der Waals surface area (Å²) >= 11 is 6.05. The minimum Gasteiger partial charge on any atom is -0.298 e. The van der Waals surface area contributed by atoms with Crippen LogP contribution in [0.25, 0.3) is 5.57 Å². The molecule has 0 saturated carbocycles. The van der Waals surface area contributed by atoms with Crippen LogP contribution in [0.3, 0.4) is 0 Å². The molecule has 0 aliphatic heterocycles. The average Bonchev–Trinajstić information content (AvgIpc) is 3.09. The summed E-state index contributed by atoms with van der Waals surface area (Å²) in [6.07, 6.45) is 6.77. The van der Waals surface area contributed by atoms with Crippen molar-refractivity contribution in [3.63, 3.8) is 0 Å². The Kier molecular flexibility index (Phi) is 5.59. The highest BCUT2D eigenvalue weighted by molar-refractivity contribution is 7.84. The van der Waals surface area contributed by atoms with Crippen molar-refractivity contribution in [3.8, 4) is 0 Å². The van der Waals surface area contributed by atoms with Gasteiger partial charge >= 0.3 is 0 Å². The Morgan fingerprint density at radius 3 is 2.55 bits per heavy atom. The van der Waals surface area contributed by atoms with Crippen LogP contribution in [0.5, 0.6) is 0 Å². The molecule has 0 saturated heterocycles. The molecule has 0 radical (unpaired) electrons. The third kappa shape index (κ3) is 3.50. The van der Waals surface area contributed by atoms with E-state index in [1.807, 2.05) is 19.1 Å². The number of aryl methyl sites for hydroxylation is 1. The predicted octanol–water partition coefficient (Wildman–Crippen LogP) is 5.16. The van der Waals surface area contributed by atoms with E-state index < -0.39 is 0 Å². The summed E-state index contributed by atoms with van der Waals surface area (Å²) in [7, 11) is 0. The lowest BCUT2D eigenvalue weighted by Gasteiger charge is -2.11. The van der Waals surface area contributed by atoms with Crippen molar-refractivity contribution < 1.29 is 9.59 Å². The molecule has 22 heavy (non-hydrogen) atoms. The molecule has 0 N–H and O–H groups in total. The van der Waals surface area contributed by atoms with Crippen LogP contribution in [0.2, 0.25) is 0 Å². The van der Waals surface area contributed by atoms with Crippen LogP contribution in [-0.4, -0.2) is 12.6 Å². The van der Waals surface area contributed by atoms with Gasteiger partial charge < -0.3 is 0 Å². The highest BCUT2D eigenvalue weighted by Gasteiger charge is 2.22. The second kappa shape index (κ2) is 7.25. The molecule has 4 heteroatoms. The number of hydrogen-bond acceptors (Lipinski definition) is 4. The van der Waals surface area contributed by atoms with E-state index in [0.717, 1.165) is 47.2 Å². The molecule has 1 aromatic rings. The number of aldehydes is 2. The van der Waals surface area contributed by atoms with Gasteiger partial charge in [-0.3, -0.25) is 9.59 Å². The average molecular weight is 332 g/mol. The zero-order valence-corrected chi connectivity index (χ0v) is 14.8. The SMILES string of the molecule is C/C(C=O)=C\C(C1=C(c2cc(C=O)sc2C)CCC1)=C(\C)S. The maximum atomic E-state index is 11.0. The number of carbonyl (C=O) groups is 2. The summed E-state index contributed by atoms with van der Waals surface area (Å²) in [4.78, 5) is 24.8. The smallest absolute Gasteiger partial charge is 0.160 e. The van der Waals surface area contributed by atoms with E-state index in [-0.39, 0.29) is 0 Å². The fourth-order valence-electron chi connectivity index (χ4n) is 2.87. The van der Waals surface area contributed by atoms with Gasteiger partial charge in [-0.15, -0.1) is 24.0 Å². The molecule has 0 bridgehead atoms. The second-order valence-corrected chi connectivity index (χ2v) is 7.51. The first-order chi connectivity index (χ1) is 10.5.